The summed E-state index contributed by atoms with van der Waals surface area (Å²) in [5, 5.41) is 0. The summed E-state index contributed by atoms with van der Waals surface area (Å²) in [5.74, 6) is 0. The molecule has 1 aliphatic rings. The number of hydrogen-bond acceptors (Lipinski definition) is 4. The van der Waals surface area contributed by atoms with Gasteiger partial charge in [0.2, 0.25) is 0 Å². The van der Waals surface area contributed by atoms with E-state index in [1.54, 1.807) is 0 Å². The maximum Gasteiger partial charge on any atom is 0.275 e. The molecule has 1 aliphatic heterocycles. The Morgan fingerprint density at radius 2 is 1.86 bits per heavy atom. The minimum atomic E-state index is -0.607. The zero-order chi connectivity index (χ0) is 9.64. The molecule has 0 saturated carbocycles. The lowest BCUT2D eigenvalue weighted by atomic mass is 10.2. The number of rotatable bonds is 3. The van der Waals surface area contributed by atoms with E-state index < -0.39 is 6.48 Å². The Kier molecular flexibility index (Phi) is 3.48. The van der Waals surface area contributed by atoms with Crippen LogP contribution in [0.15, 0.2) is 30.3 Å². The van der Waals surface area contributed by atoms with E-state index in [4.69, 9.17) is 18.9 Å². The van der Waals surface area contributed by atoms with Gasteiger partial charge in [0.1, 0.15) is 0 Å². The Morgan fingerprint density at radius 1 is 1.14 bits per heavy atom. The van der Waals surface area contributed by atoms with Crippen LogP contribution in [-0.2, 0) is 25.6 Å². The molecule has 4 heteroatoms. The third kappa shape index (κ3) is 2.78. The molecule has 0 radical (unpaired) electrons. The predicted molar refractivity (Wildman–Crippen MR) is 48.0 cm³/mol. The van der Waals surface area contributed by atoms with Crippen molar-refractivity contribution >= 4 is 0 Å². The molecule has 0 aliphatic carbocycles. The average molecular weight is 196 g/mol. The molecule has 76 valence electrons. The monoisotopic (exact) mass is 196 g/mol. The summed E-state index contributed by atoms with van der Waals surface area (Å²) in [6.45, 7) is 0.314. The van der Waals surface area contributed by atoms with Crippen molar-refractivity contribution in [2.45, 2.75) is 13.1 Å². The molecular weight excluding hydrogens is 184 g/mol. The molecule has 0 aromatic heterocycles. The summed E-state index contributed by atoms with van der Waals surface area (Å²) in [6.07, 6.45) is 0. The average Bonchev–Trinajstić information content (AvgIpc) is 2.29. The van der Waals surface area contributed by atoms with Crippen LogP contribution < -0.4 is 0 Å². The largest absolute Gasteiger partial charge is 0.329 e. The highest BCUT2D eigenvalue weighted by Crippen LogP contribution is 2.08. The maximum absolute atomic E-state index is 5.34. The Bertz CT molecular complexity index is 256. The van der Waals surface area contributed by atoms with Crippen molar-refractivity contribution in [1.29, 1.82) is 0 Å². The molecule has 0 bridgehead atoms. The van der Waals surface area contributed by atoms with Crippen LogP contribution in [-0.4, -0.2) is 20.1 Å². The fraction of sp³-hybridized carbons (Fsp3) is 0.400. The van der Waals surface area contributed by atoms with Gasteiger partial charge in [-0.25, -0.2) is 0 Å². The van der Waals surface area contributed by atoms with Crippen LogP contribution in [0, 0.1) is 0 Å². The minimum absolute atomic E-state index is 0.222. The Labute approximate surface area is 82.3 Å². The van der Waals surface area contributed by atoms with Gasteiger partial charge in [0.25, 0.3) is 6.48 Å². The van der Waals surface area contributed by atoms with Gasteiger partial charge in [-0.15, -0.1) is 0 Å². The van der Waals surface area contributed by atoms with Crippen LogP contribution in [0.25, 0.3) is 0 Å². The molecule has 1 aromatic rings. The van der Waals surface area contributed by atoms with Gasteiger partial charge in [-0.3, -0.25) is 0 Å². The van der Waals surface area contributed by atoms with Crippen molar-refractivity contribution in [2.24, 2.45) is 0 Å². The lowest BCUT2D eigenvalue weighted by Gasteiger charge is -2.22. The first-order valence-corrected chi connectivity index (χ1v) is 4.41. The van der Waals surface area contributed by atoms with E-state index in [2.05, 4.69) is 0 Å². The van der Waals surface area contributed by atoms with Crippen molar-refractivity contribution in [3.05, 3.63) is 35.9 Å². The molecular formula is C10H12O4. The Morgan fingerprint density at radius 3 is 2.57 bits per heavy atom. The van der Waals surface area contributed by atoms with E-state index in [-0.39, 0.29) is 13.6 Å². The van der Waals surface area contributed by atoms with Gasteiger partial charge in [-0.05, 0) is 5.56 Å². The summed E-state index contributed by atoms with van der Waals surface area (Å²) >= 11 is 0. The quantitative estimate of drug-likeness (QED) is 0.733. The SMILES string of the molecule is c1ccc(COC2OCOCO2)cc1. The molecule has 14 heavy (non-hydrogen) atoms. The second-order valence-corrected chi connectivity index (χ2v) is 2.86. The number of hydrogen-bond donors (Lipinski definition) is 0. The summed E-state index contributed by atoms with van der Waals surface area (Å²) in [4.78, 5) is 0. The zero-order valence-electron chi connectivity index (χ0n) is 7.72. The molecule has 0 atom stereocenters. The van der Waals surface area contributed by atoms with Crippen LogP contribution in [0.2, 0.25) is 0 Å². The van der Waals surface area contributed by atoms with E-state index in [0.29, 0.717) is 6.61 Å². The van der Waals surface area contributed by atoms with E-state index in [1.165, 1.54) is 0 Å². The molecule has 0 spiro atoms. The van der Waals surface area contributed by atoms with Crippen molar-refractivity contribution in [1.82, 2.24) is 0 Å². The van der Waals surface area contributed by atoms with Gasteiger partial charge < -0.3 is 18.9 Å². The topological polar surface area (TPSA) is 36.9 Å². The summed E-state index contributed by atoms with van der Waals surface area (Å²) in [6, 6.07) is 9.86. The first-order chi connectivity index (χ1) is 6.95. The smallest absolute Gasteiger partial charge is 0.275 e. The lowest BCUT2D eigenvalue weighted by molar-refractivity contribution is -0.385. The molecule has 0 N–H and O–H groups in total. The van der Waals surface area contributed by atoms with E-state index >= 15 is 0 Å². The van der Waals surface area contributed by atoms with Crippen LogP contribution in [0.3, 0.4) is 0 Å². The van der Waals surface area contributed by atoms with Gasteiger partial charge in [0, 0.05) is 0 Å². The van der Waals surface area contributed by atoms with Crippen molar-refractivity contribution in [3.63, 3.8) is 0 Å². The first-order valence-electron chi connectivity index (χ1n) is 4.41. The second-order valence-electron chi connectivity index (χ2n) is 2.86. The summed E-state index contributed by atoms with van der Waals surface area (Å²) < 4.78 is 20.2. The molecule has 2 rings (SSSR count). The van der Waals surface area contributed by atoms with Crippen molar-refractivity contribution in [2.75, 3.05) is 13.6 Å². The zero-order valence-corrected chi connectivity index (χ0v) is 7.72. The standard InChI is InChI=1S/C10H12O4/c1-2-4-9(5-3-1)6-12-10-13-7-11-8-14-10/h1-5,10H,6-8H2. The third-order valence-corrected chi connectivity index (χ3v) is 1.80. The van der Waals surface area contributed by atoms with Gasteiger partial charge in [0.15, 0.2) is 13.6 Å². The molecule has 1 fully saturated rings. The molecule has 0 unspecified atom stereocenters. The van der Waals surface area contributed by atoms with Gasteiger partial charge in [-0.1, -0.05) is 30.3 Å². The van der Waals surface area contributed by atoms with E-state index in [9.17, 15) is 0 Å². The highest BCUT2D eigenvalue weighted by molar-refractivity contribution is 5.13. The van der Waals surface area contributed by atoms with Gasteiger partial charge in [-0.2, -0.15) is 0 Å². The van der Waals surface area contributed by atoms with Gasteiger partial charge in [0.05, 0.1) is 6.61 Å². The highest BCUT2D eigenvalue weighted by Gasteiger charge is 2.14. The fourth-order valence-corrected chi connectivity index (χ4v) is 1.12. The molecule has 0 amide bonds. The summed E-state index contributed by atoms with van der Waals surface area (Å²) in [7, 11) is 0. The highest BCUT2D eigenvalue weighted by atomic mass is 16.9. The maximum atomic E-state index is 5.34. The molecule has 1 heterocycles. The lowest BCUT2D eigenvalue weighted by Crippen LogP contribution is -2.28. The minimum Gasteiger partial charge on any atom is -0.329 e. The predicted octanol–water partition coefficient (Wildman–Crippen LogP) is 1.47. The number of ether oxygens (including phenoxy) is 4. The van der Waals surface area contributed by atoms with E-state index in [0.717, 1.165) is 5.56 Å². The van der Waals surface area contributed by atoms with E-state index in [1.807, 2.05) is 30.3 Å². The first kappa shape index (κ1) is 9.61. The Hall–Kier alpha value is -0.940. The van der Waals surface area contributed by atoms with Crippen LogP contribution in [0.1, 0.15) is 5.56 Å². The van der Waals surface area contributed by atoms with Crippen LogP contribution in [0.5, 0.6) is 0 Å². The van der Waals surface area contributed by atoms with Gasteiger partial charge >= 0.3 is 0 Å². The summed E-state index contributed by atoms with van der Waals surface area (Å²) in [5.41, 5.74) is 1.09. The van der Waals surface area contributed by atoms with Crippen molar-refractivity contribution < 1.29 is 18.9 Å². The third-order valence-electron chi connectivity index (χ3n) is 1.80. The molecule has 1 saturated heterocycles. The fourth-order valence-electron chi connectivity index (χ4n) is 1.12. The second kappa shape index (κ2) is 5.07. The Balaban J connectivity index is 1.76. The van der Waals surface area contributed by atoms with Crippen LogP contribution in [0.4, 0.5) is 0 Å². The normalized spacial score (nSPS) is 18.3. The van der Waals surface area contributed by atoms with Crippen molar-refractivity contribution in [3.8, 4) is 0 Å². The molecule has 1 aromatic carbocycles. The van der Waals surface area contributed by atoms with Crippen LogP contribution >= 0.6 is 0 Å². The molecule has 4 nitrogen and oxygen atoms in total. The number of benzene rings is 1.